The highest BCUT2D eigenvalue weighted by atomic mass is 127. The van der Waals surface area contributed by atoms with Gasteiger partial charge in [0.05, 0.1) is 7.11 Å². The number of nitrogens with zero attached hydrogens (tertiary/aromatic N) is 1. The Morgan fingerprint density at radius 2 is 2.09 bits per heavy atom. The number of para-hydroxylation sites is 1. The van der Waals surface area contributed by atoms with Crippen molar-refractivity contribution in [2.75, 3.05) is 20.2 Å². The number of phenolic OH excluding ortho intramolecular Hbond substituents is 1. The molecular formula is C16H28IN3O2. The van der Waals surface area contributed by atoms with E-state index in [0.717, 1.165) is 18.5 Å². The molecule has 126 valence electrons. The summed E-state index contributed by atoms with van der Waals surface area (Å²) in [5.41, 5.74) is 6.63. The maximum absolute atomic E-state index is 9.96. The summed E-state index contributed by atoms with van der Waals surface area (Å²) in [4.78, 5) is 4.28. The molecule has 1 aromatic carbocycles. The number of ether oxygens (including phenoxy) is 1. The lowest BCUT2D eigenvalue weighted by Crippen LogP contribution is -2.33. The van der Waals surface area contributed by atoms with E-state index in [1.54, 1.807) is 13.2 Å². The number of hydrogen-bond acceptors (Lipinski definition) is 3. The lowest BCUT2D eigenvalue weighted by molar-refractivity contribution is 0.370. The van der Waals surface area contributed by atoms with Gasteiger partial charge in [0.1, 0.15) is 0 Å². The molecule has 6 heteroatoms. The average molecular weight is 421 g/mol. The van der Waals surface area contributed by atoms with Gasteiger partial charge >= 0.3 is 0 Å². The summed E-state index contributed by atoms with van der Waals surface area (Å²) in [5, 5.41) is 13.0. The Hall–Kier alpha value is -1.18. The monoisotopic (exact) mass is 421 g/mol. The molecule has 0 saturated heterocycles. The largest absolute Gasteiger partial charge is 0.504 e. The Kier molecular flexibility index (Phi) is 11.7. The van der Waals surface area contributed by atoms with Crippen LogP contribution in [0.25, 0.3) is 0 Å². The first-order chi connectivity index (χ1) is 10.2. The summed E-state index contributed by atoms with van der Waals surface area (Å²) >= 11 is 0. The molecule has 0 spiro atoms. The van der Waals surface area contributed by atoms with E-state index in [1.165, 1.54) is 19.3 Å². The summed E-state index contributed by atoms with van der Waals surface area (Å²) in [6, 6.07) is 5.47. The molecule has 0 radical (unpaired) electrons. The third-order valence-corrected chi connectivity index (χ3v) is 3.30. The third kappa shape index (κ3) is 7.72. The van der Waals surface area contributed by atoms with Crippen LogP contribution in [-0.2, 0) is 6.42 Å². The van der Waals surface area contributed by atoms with Crippen molar-refractivity contribution >= 4 is 29.9 Å². The number of aliphatic imine (C=N–C) groups is 1. The standard InChI is InChI=1S/C16H27N3O2.HI/c1-3-4-5-6-11-18-16(17)19-12-10-13-8-7-9-14(21-2)15(13)20;/h7-9,20H,3-6,10-12H2,1-2H3,(H3,17,18,19);1H. The number of phenols is 1. The van der Waals surface area contributed by atoms with Crippen molar-refractivity contribution in [2.24, 2.45) is 10.7 Å². The number of nitrogens with two attached hydrogens (primary N) is 1. The van der Waals surface area contributed by atoms with Crippen molar-refractivity contribution in [3.63, 3.8) is 0 Å². The van der Waals surface area contributed by atoms with Crippen LogP contribution in [0.1, 0.15) is 38.2 Å². The van der Waals surface area contributed by atoms with E-state index >= 15 is 0 Å². The first-order valence-electron chi connectivity index (χ1n) is 7.57. The molecule has 1 rings (SSSR count). The number of methoxy groups -OCH3 is 1. The molecule has 0 atom stereocenters. The van der Waals surface area contributed by atoms with Crippen LogP contribution in [0.5, 0.6) is 11.5 Å². The van der Waals surface area contributed by atoms with Crippen molar-refractivity contribution < 1.29 is 9.84 Å². The van der Waals surface area contributed by atoms with Gasteiger partial charge in [-0.2, -0.15) is 0 Å². The third-order valence-electron chi connectivity index (χ3n) is 3.30. The number of unbranched alkanes of at least 4 members (excludes halogenated alkanes) is 3. The van der Waals surface area contributed by atoms with Gasteiger partial charge in [-0.05, 0) is 24.5 Å². The summed E-state index contributed by atoms with van der Waals surface area (Å²) in [6.45, 7) is 3.58. The van der Waals surface area contributed by atoms with E-state index < -0.39 is 0 Å². The summed E-state index contributed by atoms with van der Waals surface area (Å²) in [6.07, 6.45) is 5.41. The number of benzene rings is 1. The van der Waals surface area contributed by atoms with Crippen LogP contribution in [0.15, 0.2) is 23.2 Å². The van der Waals surface area contributed by atoms with Crippen molar-refractivity contribution in [3.8, 4) is 11.5 Å². The Bertz CT molecular complexity index is 453. The van der Waals surface area contributed by atoms with Gasteiger partial charge in [-0.25, -0.2) is 0 Å². The molecular weight excluding hydrogens is 393 g/mol. The Morgan fingerprint density at radius 3 is 2.77 bits per heavy atom. The van der Waals surface area contributed by atoms with Crippen LogP contribution in [0, 0.1) is 0 Å². The van der Waals surface area contributed by atoms with Crippen LogP contribution in [0.2, 0.25) is 0 Å². The van der Waals surface area contributed by atoms with Gasteiger partial charge in [-0.1, -0.05) is 38.3 Å². The van der Waals surface area contributed by atoms with Gasteiger partial charge in [-0.15, -0.1) is 24.0 Å². The molecule has 5 nitrogen and oxygen atoms in total. The van der Waals surface area contributed by atoms with Crippen LogP contribution < -0.4 is 15.8 Å². The van der Waals surface area contributed by atoms with Crippen LogP contribution >= 0.6 is 24.0 Å². The fourth-order valence-electron chi connectivity index (χ4n) is 2.05. The second-order valence-electron chi connectivity index (χ2n) is 4.97. The van der Waals surface area contributed by atoms with Crippen LogP contribution in [0.3, 0.4) is 0 Å². The zero-order valence-corrected chi connectivity index (χ0v) is 15.8. The summed E-state index contributed by atoms with van der Waals surface area (Å²) in [7, 11) is 1.54. The zero-order valence-electron chi connectivity index (χ0n) is 13.5. The van der Waals surface area contributed by atoms with E-state index in [2.05, 4.69) is 17.2 Å². The lowest BCUT2D eigenvalue weighted by atomic mass is 10.1. The molecule has 0 aliphatic rings. The van der Waals surface area contributed by atoms with E-state index in [4.69, 9.17) is 10.5 Å². The number of nitrogens with one attached hydrogen (secondary N) is 1. The number of rotatable bonds is 9. The van der Waals surface area contributed by atoms with Crippen LogP contribution in [0.4, 0.5) is 0 Å². The van der Waals surface area contributed by atoms with Crippen molar-refractivity contribution in [3.05, 3.63) is 23.8 Å². The molecule has 0 amide bonds. The highest BCUT2D eigenvalue weighted by Gasteiger charge is 2.06. The molecule has 0 aliphatic heterocycles. The second-order valence-corrected chi connectivity index (χ2v) is 4.97. The van der Waals surface area contributed by atoms with Crippen molar-refractivity contribution in [1.82, 2.24) is 5.32 Å². The average Bonchev–Trinajstić information content (AvgIpc) is 2.49. The van der Waals surface area contributed by atoms with Crippen molar-refractivity contribution in [2.45, 2.75) is 39.0 Å². The highest BCUT2D eigenvalue weighted by molar-refractivity contribution is 14.0. The smallest absolute Gasteiger partial charge is 0.188 e. The minimum atomic E-state index is 0. The van der Waals surface area contributed by atoms with Gasteiger partial charge < -0.3 is 20.9 Å². The Morgan fingerprint density at radius 1 is 1.32 bits per heavy atom. The normalized spacial score (nSPS) is 10.9. The molecule has 22 heavy (non-hydrogen) atoms. The van der Waals surface area contributed by atoms with E-state index in [9.17, 15) is 5.11 Å². The molecule has 0 heterocycles. The molecule has 1 aromatic rings. The molecule has 4 N–H and O–H groups in total. The quantitative estimate of drug-likeness (QED) is 0.248. The van der Waals surface area contributed by atoms with Gasteiger partial charge in [0, 0.05) is 13.1 Å². The van der Waals surface area contributed by atoms with Crippen LogP contribution in [-0.4, -0.2) is 31.3 Å². The molecule has 0 aliphatic carbocycles. The first-order valence-corrected chi connectivity index (χ1v) is 7.57. The van der Waals surface area contributed by atoms with Gasteiger partial charge in [-0.3, -0.25) is 4.99 Å². The zero-order chi connectivity index (χ0) is 15.5. The number of hydrogen-bond donors (Lipinski definition) is 3. The SMILES string of the molecule is CCCCCCN=C(N)NCCc1cccc(OC)c1O.I. The molecule has 0 saturated carbocycles. The Balaban J connectivity index is 0.00000441. The highest BCUT2D eigenvalue weighted by Crippen LogP contribution is 2.29. The predicted octanol–water partition coefficient (Wildman–Crippen LogP) is 3.05. The van der Waals surface area contributed by atoms with Gasteiger partial charge in [0.15, 0.2) is 17.5 Å². The molecule has 0 unspecified atom stereocenters. The minimum Gasteiger partial charge on any atom is -0.504 e. The van der Waals surface area contributed by atoms with Gasteiger partial charge in [0.25, 0.3) is 0 Å². The molecule has 0 fully saturated rings. The summed E-state index contributed by atoms with van der Waals surface area (Å²) in [5.74, 6) is 1.15. The fourth-order valence-corrected chi connectivity index (χ4v) is 2.05. The number of guanidine groups is 1. The number of aromatic hydroxyl groups is 1. The lowest BCUT2D eigenvalue weighted by Gasteiger charge is -2.09. The minimum absolute atomic E-state index is 0. The van der Waals surface area contributed by atoms with Crippen molar-refractivity contribution in [1.29, 1.82) is 0 Å². The second kappa shape index (κ2) is 12.4. The number of halogens is 1. The topological polar surface area (TPSA) is 79.9 Å². The fraction of sp³-hybridized carbons (Fsp3) is 0.562. The maximum atomic E-state index is 9.96. The maximum Gasteiger partial charge on any atom is 0.188 e. The van der Waals surface area contributed by atoms with E-state index in [0.29, 0.717) is 24.7 Å². The van der Waals surface area contributed by atoms with E-state index in [1.807, 2.05) is 12.1 Å². The predicted molar refractivity (Wildman–Crippen MR) is 102 cm³/mol. The first kappa shape index (κ1) is 20.8. The Labute approximate surface area is 150 Å². The summed E-state index contributed by atoms with van der Waals surface area (Å²) < 4.78 is 5.08. The molecule has 0 bridgehead atoms. The van der Waals surface area contributed by atoms with Gasteiger partial charge in [0.2, 0.25) is 0 Å². The molecule has 0 aromatic heterocycles. The van der Waals surface area contributed by atoms with E-state index in [-0.39, 0.29) is 29.7 Å².